The molecule has 1 aromatic rings. The van der Waals surface area contributed by atoms with Crippen molar-refractivity contribution in [3.05, 3.63) is 18.6 Å². The molecule has 0 N–H and O–H groups in total. The Labute approximate surface area is 70.5 Å². The lowest BCUT2D eigenvalue weighted by Crippen LogP contribution is -1.85. The van der Waals surface area contributed by atoms with Gasteiger partial charge >= 0.3 is 0 Å². The summed E-state index contributed by atoms with van der Waals surface area (Å²) < 4.78 is 4.76. The zero-order chi connectivity index (χ0) is 5.82. The first-order chi connectivity index (χ1) is 3.93. The highest BCUT2D eigenvalue weighted by atomic mass is 127. The van der Waals surface area contributed by atoms with E-state index in [1.165, 1.54) is 6.33 Å². The third-order valence-corrected chi connectivity index (χ3v) is 0.764. The van der Waals surface area contributed by atoms with Crippen LogP contribution >= 0.6 is 24.0 Å². The van der Waals surface area contributed by atoms with Crippen LogP contribution in [0.3, 0.4) is 0 Å². The van der Waals surface area contributed by atoms with Gasteiger partial charge < -0.3 is 4.74 Å². The van der Waals surface area contributed by atoms with E-state index in [0.717, 1.165) is 0 Å². The van der Waals surface area contributed by atoms with Crippen molar-refractivity contribution < 1.29 is 4.74 Å². The Balaban J connectivity index is 0.000000640. The number of halogens is 1. The van der Waals surface area contributed by atoms with Crippen LogP contribution in [0.4, 0.5) is 0 Å². The van der Waals surface area contributed by atoms with E-state index >= 15 is 0 Å². The van der Waals surface area contributed by atoms with Crippen LogP contribution in [-0.4, -0.2) is 17.1 Å². The van der Waals surface area contributed by atoms with Crippen molar-refractivity contribution in [2.45, 2.75) is 0 Å². The topological polar surface area (TPSA) is 35.0 Å². The average molecular weight is 238 g/mol. The zero-order valence-electron chi connectivity index (χ0n) is 4.94. The molecular formula is C5H7IN2O. The molecular weight excluding hydrogens is 231 g/mol. The summed E-state index contributed by atoms with van der Waals surface area (Å²) in [6.07, 6.45) is 3.07. The van der Waals surface area contributed by atoms with Crippen molar-refractivity contribution in [3.8, 4) is 5.88 Å². The molecule has 0 spiro atoms. The number of rotatable bonds is 1. The summed E-state index contributed by atoms with van der Waals surface area (Å²) in [4.78, 5) is 7.47. The van der Waals surface area contributed by atoms with E-state index in [0.29, 0.717) is 5.88 Å². The van der Waals surface area contributed by atoms with Crippen LogP contribution in [0.15, 0.2) is 18.6 Å². The summed E-state index contributed by atoms with van der Waals surface area (Å²) in [5.41, 5.74) is 0. The quantitative estimate of drug-likeness (QED) is 0.687. The molecule has 0 aliphatic carbocycles. The monoisotopic (exact) mass is 238 g/mol. The molecule has 0 bridgehead atoms. The number of hydrogen-bond acceptors (Lipinski definition) is 3. The lowest BCUT2D eigenvalue weighted by atomic mass is 10.6. The van der Waals surface area contributed by atoms with E-state index in [4.69, 9.17) is 4.74 Å². The Morgan fingerprint density at radius 2 is 2.33 bits per heavy atom. The van der Waals surface area contributed by atoms with Gasteiger partial charge in [-0.2, -0.15) is 0 Å². The van der Waals surface area contributed by atoms with E-state index in [1.807, 2.05) is 0 Å². The Hall–Kier alpha value is -0.390. The van der Waals surface area contributed by atoms with Gasteiger partial charge in [0.05, 0.1) is 7.11 Å². The molecule has 50 valence electrons. The lowest BCUT2D eigenvalue weighted by molar-refractivity contribution is 0.397. The molecule has 3 nitrogen and oxygen atoms in total. The van der Waals surface area contributed by atoms with Crippen LogP contribution in [0.5, 0.6) is 5.88 Å². The maximum Gasteiger partial charge on any atom is 0.215 e. The molecule has 0 amide bonds. The van der Waals surface area contributed by atoms with E-state index < -0.39 is 0 Å². The molecule has 1 heterocycles. The maximum atomic E-state index is 4.76. The van der Waals surface area contributed by atoms with Crippen molar-refractivity contribution in [3.63, 3.8) is 0 Å². The van der Waals surface area contributed by atoms with Crippen molar-refractivity contribution >= 4 is 24.0 Å². The zero-order valence-corrected chi connectivity index (χ0v) is 7.27. The summed E-state index contributed by atoms with van der Waals surface area (Å²) in [6.45, 7) is 0. The first-order valence-corrected chi connectivity index (χ1v) is 2.23. The second-order valence-corrected chi connectivity index (χ2v) is 1.25. The summed E-state index contributed by atoms with van der Waals surface area (Å²) in [5.74, 6) is 0.597. The molecule has 9 heavy (non-hydrogen) atoms. The number of methoxy groups -OCH3 is 1. The van der Waals surface area contributed by atoms with Gasteiger partial charge in [0.15, 0.2) is 0 Å². The van der Waals surface area contributed by atoms with Gasteiger partial charge in [-0.3, -0.25) is 0 Å². The molecule has 0 aliphatic heterocycles. The molecule has 0 atom stereocenters. The molecule has 1 rings (SSSR count). The normalized spacial score (nSPS) is 7.67. The van der Waals surface area contributed by atoms with E-state index in [-0.39, 0.29) is 24.0 Å². The fourth-order valence-corrected chi connectivity index (χ4v) is 0.399. The van der Waals surface area contributed by atoms with Gasteiger partial charge in [0.25, 0.3) is 0 Å². The first kappa shape index (κ1) is 8.61. The van der Waals surface area contributed by atoms with Crippen molar-refractivity contribution in [1.82, 2.24) is 9.97 Å². The summed E-state index contributed by atoms with van der Waals surface area (Å²) in [7, 11) is 1.57. The van der Waals surface area contributed by atoms with Crippen LogP contribution in [0.25, 0.3) is 0 Å². The molecule has 4 heteroatoms. The largest absolute Gasteiger partial charge is 0.481 e. The van der Waals surface area contributed by atoms with E-state index in [1.54, 1.807) is 19.4 Å². The van der Waals surface area contributed by atoms with Crippen LogP contribution in [0.1, 0.15) is 0 Å². The van der Waals surface area contributed by atoms with Crippen LogP contribution in [0.2, 0.25) is 0 Å². The highest BCUT2D eigenvalue weighted by Crippen LogP contribution is 1.97. The fraction of sp³-hybridized carbons (Fsp3) is 0.200. The average Bonchev–Trinajstić information content (AvgIpc) is 1.90. The predicted molar refractivity (Wildman–Crippen MR) is 44.0 cm³/mol. The second-order valence-electron chi connectivity index (χ2n) is 1.25. The minimum absolute atomic E-state index is 0. The maximum absolute atomic E-state index is 4.76. The number of hydrogen-bond donors (Lipinski definition) is 0. The van der Waals surface area contributed by atoms with Gasteiger partial charge in [-0.05, 0) is 0 Å². The summed E-state index contributed by atoms with van der Waals surface area (Å²) in [5, 5.41) is 0. The SMILES string of the molecule is COc1ccncn1.I. The Morgan fingerprint density at radius 1 is 1.56 bits per heavy atom. The first-order valence-electron chi connectivity index (χ1n) is 2.23. The molecule has 1 aromatic heterocycles. The third-order valence-electron chi connectivity index (χ3n) is 0.764. The molecule has 0 unspecified atom stereocenters. The van der Waals surface area contributed by atoms with Gasteiger partial charge in [0.1, 0.15) is 6.33 Å². The molecule has 0 fully saturated rings. The van der Waals surface area contributed by atoms with Gasteiger partial charge in [0.2, 0.25) is 5.88 Å². The van der Waals surface area contributed by atoms with Gasteiger partial charge in [-0.15, -0.1) is 24.0 Å². The number of aromatic nitrogens is 2. The number of nitrogens with zero attached hydrogens (tertiary/aromatic N) is 2. The van der Waals surface area contributed by atoms with E-state index in [9.17, 15) is 0 Å². The minimum Gasteiger partial charge on any atom is -0.481 e. The van der Waals surface area contributed by atoms with Crippen LogP contribution in [0, 0.1) is 0 Å². The predicted octanol–water partition coefficient (Wildman–Crippen LogP) is 1.10. The smallest absolute Gasteiger partial charge is 0.215 e. The molecule has 0 aliphatic rings. The van der Waals surface area contributed by atoms with Crippen molar-refractivity contribution in [2.75, 3.05) is 7.11 Å². The summed E-state index contributed by atoms with van der Waals surface area (Å²) in [6, 6.07) is 1.69. The molecule has 0 aromatic carbocycles. The Morgan fingerprint density at radius 3 is 2.67 bits per heavy atom. The minimum atomic E-state index is 0. The number of ether oxygens (including phenoxy) is 1. The third kappa shape index (κ3) is 2.59. The Bertz CT molecular complexity index is 156. The van der Waals surface area contributed by atoms with Gasteiger partial charge in [-0.25, -0.2) is 9.97 Å². The van der Waals surface area contributed by atoms with Crippen molar-refractivity contribution in [1.29, 1.82) is 0 Å². The Kier molecular flexibility index (Phi) is 4.29. The van der Waals surface area contributed by atoms with Crippen LogP contribution in [-0.2, 0) is 0 Å². The lowest BCUT2D eigenvalue weighted by Gasteiger charge is -1.91. The van der Waals surface area contributed by atoms with Gasteiger partial charge in [0, 0.05) is 12.3 Å². The molecule has 0 saturated heterocycles. The van der Waals surface area contributed by atoms with Crippen LogP contribution < -0.4 is 4.74 Å². The second kappa shape index (κ2) is 4.49. The molecule has 0 saturated carbocycles. The van der Waals surface area contributed by atoms with Gasteiger partial charge in [-0.1, -0.05) is 0 Å². The highest BCUT2D eigenvalue weighted by Gasteiger charge is 1.82. The standard InChI is InChI=1S/C5H6N2O.HI/c1-8-5-2-3-6-4-7-5;/h2-4H,1H3;1H. The highest BCUT2D eigenvalue weighted by molar-refractivity contribution is 14.0. The van der Waals surface area contributed by atoms with E-state index in [2.05, 4.69) is 9.97 Å². The molecule has 0 radical (unpaired) electrons. The van der Waals surface area contributed by atoms with Crippen molar-refractivity contribution in [2.24, 2.45) is 0 Å². The summed E-state index contributed by atoms with van der Waals surface area (Å²) >= 11 is 0. The fourth-order valence-electron chi connectivity index (χ4n) is 0.399.